The molecule has 0 saturated carbocycles. The van der Waals surface area contributed by atoms with Gasteiger partial charge in [0, 0.05) is 0 Å². The maximum absolute atomic E-state index is 13.7. The van der Waals surface area contributed by atoms with Crippen LogP contribution in [0.1, 0.15) is 16.7 Å². The number of thioether (sulfide) groups is 1. The summed E-state index contributed by atoms with van der Waals surface area (Å²) in [7, 11) is -2.68. The molecule has 208 valence electrons. The average Bonchev–Trinajstić information content (AvgIpc) is 3.26. The van der Waals surface area contributed by atoms with Crippen LogP contribution in [0.3, 0.4) is 0 Å². The fraction of sp³-hybridized carbons (Fsp3) is 0.0968. The van der Waals surface area contributed by atoms with Gasteiger partial charge in [0.2, 0.25) is 0 Å². The number of hydrogen-bond donors (Lipinski definition) is 0. The molecule has 7 nitrogen and oxygen atoms in total. The van der Waals surface area contributed by atoms with Crippen LogP contribution >= 0.6 is 27.7 Å². The second kappa shape index (κ2) is 11.9. The number of carbonyl (C=O) groups is 1. The van der Waals surface area contributed by atoms with Crippen molar-refractivity contribution in [3.63, 3.8) is 0 Å². The molecular weight excluding hydrogens is 624 g/mol. The minimum Gasteiger partial charge on any atom is -0.493 e. The fourth-order valence-corrected chi connectivity index (χ4v) is 6.63. The summed E-state index contributed by atoms with van der Waals surface area (Å²) in [6.07, 6.45) is 1.72. The van der Waals surface area contributed by atoms with Gasteiger partial charge in [-0.05, 0) is 102 Å². The number of carbonyl (C=O) groups excluding carboxylic acids is 1. The van der Waals surface area contributed by atoms with E-state index in [4.69, 9.17) is 13.9 Å². The molecule has 5 rings (SSSR count). The molecule has 0 bridgehead atoms. The normalized spacial score (nSPS) is 15.5. The molecule has 41 heavy (non-hydrogen) atoms. The van der Waals surface area contributed by atoms with E-state index < -0.39 is 10.1 Å². The number of anilines is 1. The van der Waals surface area contributed by atoms with Crippen molar-refractivity contribution < 1.29 is 22.1 Å². The van der Waals surface area contributed by atoms with E-state index in [-0.39, 0.29) is 22.3 Å². The number of nitrogens with zero attached hydrogens (tertiary/aromatic N) is 2. The number of ether oxygens (including phenoxy) is 1. The molecule has 1 heterocycles. The first-order valence-electron chi connectivity index (χ1n) is 12.5. The van der Waals surface area contributed by atoms with Gasteiger partial charge < -0.3 is 8.92 Å². The van der Waals surface area contributed by atoms with E-state index in [1.54, 1.807) is 41.3 Å². The monoisotopic (exact) mass is 648 g/mol. The average molecular weight is 650 g/mol. The zero-order valence-corrected chi connectivity index (χ0v) is 25.6. The minimum atomic E-state index is -4.10. The Morgan fingerprint density at radius 2 is 1.54 bits per heavy atom. The Bertz CT molecular complexity index is 1770. The summed E-state index contributed by atoms with van der Waals surface area (Å²) in [6.45, 7) is 3.99. The van der Waals surface area contributed by atoms with Crippen LogP contribution in [0.5, 0.6) is 11.5 Å². The molecule has 1 fully saturated rings. The van der Waals surface area contributed by atoms with Gasteiger partial charge in [-0.25, -0.2) is 4.99 Å². The summed E-state index contributed by atoms with van der Waals surface area (Å²) in [6, 6.07) is 26.6. The van der Waals surface area contributed by atoms with Crippen LogP contribution < -0.4 is 13.8 Å². The number of aryl methyl sites for hydroxylation is 2. The third-order valence-electron chi connectivity index (χ3n) is 6.13. The minimum absolute atomic E-state index is 0.00630. The second-order valence-corrected chi connectivity index (χ2v) is 12.6. The third kappa shape index (κ3) is 6.40. The van der Waals surface area contributed by atoms with Crippen LogP contribution in [-0.2, 0) is 14.9 Å². The molecule has 0 unspecified atom stereocenters. The standard InChI is InChI=1S/C31H25BrN2O5S2/c1-20-9-13-23(14-10-20)33-31-34(24-15-11-21(2)12-16-24)30(35)28(40-31)19-22-17-26(32)29(27(18-22)38-3)39-41(36,37)25-7-5-4-6-8-25/h4-19H,1-3H3/b28-19-,33-31?. The number of rotatable bonds is 7. The highest BCUT2D eigenvalue weighted by atomic mass is 79.9. The molecule has 1 saturated heterocycles. The molecule has 0 spiro atoms. The number of benzene rings is 4. The van der Waals surface area contributed by atoms with Crippen molar-refractivity contribution in [1.29, 1.82) is 0 Å². The van der Waals surface area contributed by atoms with Gasteiger partial charge in [0.25, 0.3) is 5.91 Å². The van der Waals surface area contributed by atoms with E-state index in [0.29, 0.717) is 25.8 Å². The Morgan fingerprint density at radius 3 is 2.17 bits per heavy atom. The van der Waals surface area contributed by atoms with Crippen molar-refractivity contribution in [1.82, 2.24) is 0 Å². The first-order valence-corrected chi connectivity index (χ1v) is 15.5. The molecule has 4 aromatic rings. The van der Waals surface area contributed by atoms with Gasteiger partial charge >= 0.3 is 10.1 Å². The lowest BCUT2D eigenvalue weighted by molar-refractivity contribution is -0.113. The molecule has 0 aromatic heterocycles. The molecule has 10 heteroatoms. The van der Waals surface area contributed by atoms with Crippen molar-refractivity contribution in [2.24, 2.45) is 4.99 Å². The van der Waals surface area contributed by atoms with Gasteiger partial charge in [-0.3, -0.25) is 9.69 Å². The molecule has 0 atom stereocenters. The van der Waals surface area contributed by atoms with E-state index in [9.17, 15) is 13.2 Å². The molecule has 1 aliphatic rings. The molecule has 0 radical (unpaired) electrons. The van der Waals surface area contributed by atoms with Crippen LogP contribution in [0.4, 0.5) is 11.4 Å². The van der Waals surface area contributed by atoms with Gasteiger partial charge in [-0.2, -0.15) is 8.42 Å². The molecular formula is C31H25BrN2O5S2. The topological polar surface area (TPSA) is 85.3 Å². The van der Waals surface area contributed by atoms with Gasteiger partial charge in [-0.1, -0.05) is 53.6 Å². The summed E-state index contributed by atoms with van der Waals surface area (Å²) in [5.41, 5.74) is 4.23. The molecule has 1 aliphatic heterocycles. The first kappa shape index (κ1) is 28.7. The van der Waals surface area contributed by atoms with Crippen LogP contribution in [0, 0.1) is 13.8 Å². The number of hydrogen-bond acceptors (Lipinski definition) is 7. The van der Waals surface area contributed by atoms with Crippen LogP contribution in [0.25, 0.3) is 6.08 Å². The van der Waals surface area contributed by atoms with Gasteiger partial charge in [0.15, 0.2) is 16.7 Å². The van der Waals surface area contributed by atoms with E-state index in [1.165, 1.54) is 31.0 Å². The van der Waals surface area contributed by atoms with E-state index in [1.807, 2.05) is 62.4 Å². The lowest BCUT2D eigenvalue weighted by Crippen LogP contribution is -2.28. The number of halogens is 1. The predicted octanol–water partition coefficient (Wildman–Crippen LogP) is 7.65. The number of amidine groups is 1. The van der Waals surface area contributed by atoms with E-state index >= 15 is 0 Å². The zero-order valence-electron chi connectivity index (χ0n) is 22.4. The molecule has 1 amide bonds. The van der Waals surface area contributed by atoms with E-state index in [0.717, 1.165) is 16.8 Å². The summed E-state index contributed by atoms with van der Waals surface area (Å²) in [5, 5.41) is 0.522. The SMILES string of the molecule is COc1cc(/C=C2\SC(=Nc3ccc(C)cc3)N(c3ccc(C)cc3)C2=O)cc(Br)c1OS(=O)(=O)c1ccccc1. The molecule has 4 aromatic carbocycles. The Hall–Kier alpha value is -3.86. The predicted molar refractivity (Wildman–Crippen MR) is 167 cm³/mol. The highest BCUT2D eigenvalue weighted by Gasteiger charge is 2.35. The highest BCUT2D eigenvalue weighted by molar-refractivity contribution is 9.10. The summed E-state index contributed by atoms with van der Waals surface area (Å²) in [5.74, 6) is -0.0382. The largest absolute Gasteiger partial charge is 0.493 e. The second-order valence-electron chi connectivity index (χ2n) is 9.20. The zero-order chi connectivity index (χ0) is 29.1. The maximum atomic E-state index is 13.7. The van der Waals surface area contributed by atoms with Crippen molar-refractivity contribution >= 4 is 66.3 Å². The van der Waals surface area contributed by atoms with Crippen molar-refractivity contribution in [2.75, 3.05) is 12.0 Å². The maximum Gasteiger partial charge on any atom is 0.339 e. The lowest BCUT2D eigenvalue weighted by Gasteiger charge is -2.16. The van der Waals surface area contributed by atoms with Crippen LogP contribution in [0.2, 0.25) is 0 Å². The Morgan fingerprint density at radius 1 is 0.902 bits per heavy atom. The first-order chi connectivity index (χ1) is 19.6. The third-order valence-corrected chi connectivity index (χ3v) is 8.93. The number of aliphatic imine (C=N–C) groups is 1. The van der Waals surface area contributed by atoms with E-state index in [2.05, 4.69) is 15.9 Å². The summed E-state index contributed by atoms with van der Waals surface area (Å²) >= 11 is 4.68. The smallest absolute Gasteiger partial charge is 0.339 e. The van der Waals surface area contributed by atoms with Crippen molar-refractivity contribution in [2.45, 2.75) is 18.7 Å². The summed E-state index contributed by atoms with van der Waals surface area (Å²) in [4.78, 5) is 20.5. The molecule has 0 N–H and O–H groups in total. The lowest BCUT2D eigenvalue weighted by atomic mass is 10.1. The van der Waals surface area contributed by atoms with Gasteiger partial charge in [-0.15, -0.1) is 0 Å². The Labute approximate surface area is 251 Å². The molecule has 0 aliphatic carbocycles. The summed E-state index contributed by atoms with van der Waals surface area (Å²) < 4.78 is 37.0. The number of amides is 1. The van der Waals surface area contributed by atoms with Crippen molar-refractivity contribution in [3.05, 3.63) is 117 Å². The number of methoxy groups -OCH3 is 1. The van der Waals surface area contributed by atoms with Crippen LogP contribution in [0.15, 0.2) is 110 Å². The van der Waals surface area contributed by atoms with Gasteiger partial charge in [0.05, 0.1) is 27.9 Å². The highest BCUT2D eigenvalue weighted by Crippen LogP contribution is 2.41. The Balaban J connectivity index is 1.52. The Kier molecular flexibility index (Phi) is 8.35. The van der Waals surface area contributed by atoms with Crippen molar-refractivity contribution in [3.8, 4) is 11.5 Å². The fourth-order valence-electron chi connectivity index (χ4n) is 4.00. The quantitative estimate of drug-likeness (QED) is 0.151. The van der Waals surface area contributed by atoms with Crippen LogP contribution in [-0.4, -0.2) is 26.6 Å². The van der Waals surface area contributed by atoms with Gasteiger partial charge in [0.1, 0.15) is 4.90 Å².